The molecule has 0 unspecified atom stereocenters. The summed E-state index contributed by atoms with van der Waals surface area (Å²) in [5.74, 6) is -1.02. The van der Waals surface area contributed by atoms with E-state index in [4.69, 9.17) is 0 Å². The van der Waals surface area contributed by atoms with Gasteiger partial charge in [0.2, 0.25) is 0 Å². The standard InChI is InChI=1S/C15H15N5O2/c1-8(2)20-13-11-3-9(10-5-18-19-6-10)4-16-14(11)17-7-12(13)15(21)22/h3-8H,1-2H3,(H,18,19)(H,21,22)(H,16,17,20). The van der Waals surface area contributed by atoms with Gasteiger partial charge in [-0.25, -0.2) is 14.8 Å². The number of carboxylic acids is 1. The largest absolute Gasteiger partial charge is 0.478 e. The number of nitrogens with one attached hydrogen (secondary N) is 2. The van der Waals surface area contributed by atoms with E-state index in [1.54, 1.807) is 18.6 Å². The lowest BCUT2D eigenvalue weighted by atomic mass is 10.1. The van der Waals surface area contributed by atoms with E-state index in [0.717, 1.165) is 11.1 Å². The molecule has 0 aromatic carbocycles. The molecule has 7 heteroatoms. The van der Waals surface area contributed by atoms with Gasteiger partial charge in [-0.15, -0.1) is 0 Å². The molecule has 0 aliphatic heterocycles. The van der Waals surface area contributed by atoms with Crippen molar-refractivity contribution >= 4 is 22.7 Å². The third kappa shape index (κ3) is 2.48. The van der Waals surface area contributed by atoms with Gasteiger partial charge in [0.25, 0.3) is 0 Å². The molecule has 0 bridgehead atoms. The predicted octanol–water partition coefficient (Wildman–Crippen LogP) is 2.54. The van der Waals surface area contributed by atoms with Gasteiger partial charge in [0.1, 0.15) is 5.56 Å². The third-order valence-corrected chi connectivity index (χ3v) is 3.22. The van der Waals surface area contributed by atoms with Gasteiger partial charge in [0.15, 0.2) is 5.65 Å². The van der Waals surface area contributed by atoms with Crippen LogP contribution in [0.3, 0.4) is 0 Å². The minimum atomic E-state index is -1.02. The molecule has 3 rings (SSSR count). The van der Waals surface area contributed by atoms with Crippen LogP contribution >= 0.6 is 0 Å². The summed E-state index contributed by atoms with van der Waals surface area (Å²) in [5, 5.41) is 19.9. The number of H-pyrrole nitrogens is 1. The van der Waals surface area contributed by atoms with Crippen molar-refractivity contribution in [1.82, 2.24) is 20.2 Å². The number of aromatic carboxylic acids is 1. The van der Waals surface area contributed by atoms with E-state index in [9.17, 15) is 9.90 Å². The average molecular weight is 297 g/mol. The Bertz CT molecular complexity index is 827. The number of carbonyl (C=O) groups is 1. The summed E-state index contributed by atoms with van der Waals surface area (Å²) in [5.41, 5.74) is 2.89. The Morgan fingerprint density at radius 3 is 2.64 bits per heavy atom. The molecule has 0 saturated carbocycles. The highest BCUT2D eigenvalue weighted by Gasteiger charge is 2.16. The van der Waals surface area contributed by atoms with Crippen molar-refractivity contribution in [3.63, 3.8) is 0 Å². The zero-order valence-electron chi connectivity index (χ0n) is 12.2. The smallest absolute Gasteiger partial charge is 0.339 e. The summed E-state index contributed by atoms with van der Waals surface area (Å²) in [6.45, 7) is 3.90. The molecule has 3 N–H and O–H groups in total. The lowest BCUT2D eigenvalue weighted by Gasteiger charge is -2.15. The zero-order valence-corrected chi connectivity index (χ0v) is 12.2. The maximum atomic E-state index is 11.4. The number of rotatable bonds is 4. The van der Waals surface area contributed by atoms with Crippen molar-refractivity contribution in [2.75, 3.05) is 5.32 Å². The summed E-state index contributed by atoms with van der Waals surface area (Å²) >= 11 is 0. The van der Waals surface area contributed by atoms with Crippen LogP contribution in [0.25, 0.3) is 22.2 Å². The monoisotopic (exact) mass is 297 g/mol. The summed E-state index contributed by atoms with van der Waals surface area (Å²) < 4.78 is 0. The predicted molar refractivity (Wildman–Crippen MR) is 82.8 cm³/mol. The van der Waals surface area contributed by atoms with Gasteiger partial charge >= 0.3 is 5.97 Å². The molecule has 112 valence electrons. The number of nitrogens with zero attached hydrogens (tertiary/aromatic N) is 3. The zero-order chi connectivity index (χ0) is 15.7. The van der Waals surface area contributed by atoms with Crippen LogP contribution in [0, 0.1) is 0 Å². The molecule has 3 aromatic rings. The first kappa shape index (κ1) is 14.0. The normalized spacial score (nSPS) is 11.0. The fourth-order valence-corrected chi connectivity index (χ4v) is 2.25. The summed E-state index contributed by atoms with van der Waals surface area (Å²) in [7, 11) is 0. The Labute approximate surface area is 126 Å². The van der Waals surface area contributed by atoms with Crippen LogP contribution in [0.4, 0.5) is 5.69 Å². The topological polar surface area (TPSA) is 104 Å². The van der Waals surface area contributed by atoms with E-state index in [2.05, 4.69) is 25.5 Å². The molecule has 0 fully saturated rings. The molecule has 0 spiro atoms. The van der Waals surface area contributed by atoms with Gasteiger partial charge in [-0.05, 0) is 19.9 Å². The number of hydrogen-bond acceptors (Lipinski definition) is 5. The van der Waals surface area contributed by atoms with Crippen LogP contribution in [0.1, 0.15) is 24.2 Å². The first-order valence-electron chi connectivity index (χ1n) is 6.84. The highest BCUT2D eigenvalue weighted by atomic mass is 16.4. The number of carboxylic acid groups (broad SMARTS) is 1. The number of aromatic nitrogens is 4. The number of anilines is 1. The quantitative estimate of drug-likeness (QED) is 0.683. The fraction of sp³-hybridized carbons (Fsp3) is 0.200. The van der Waals surface area contributed by atoms with E-state index in [-0.39, 0.29) is 11.6 Å². The van der Waals surface area contributed by atoms with Crippen LogP contribution in [0.5, 0.6) is 0 Å². The van der Waals surface area contributed by atoms with Gasteiger partial charge in [-0.2, -0.15) is 5.10 Å². The van der Waals surface area contributed by atoms with Crippen molar-refractivity contribution in [3.8, 4) is 11.1 Å². The van der Waals surface area contributed by atoms with Crippen LogP contribution in [0.2, 0.25) is 0 Å². The van der Waals surface area contributed by atoms with Gasteiger partial charge < -0.3 is 10.4 Å². The second kappa shape index (κ2) is 5.44. The maximum Gasteiger partial charge on any atom is 0.339 e. The van der Waals surface area contributed by atoms with E-state index in [0.29, 0.717) is 16.7 Å². The van der Waals surface area contributed by atoms with Crippen LogP contribution in [0.15, 0.2) is 30.9 Å². The Kier molecular flexibility index (Phi) is 3.46. The molecule has 22 heavy (non-hydrogen) atoms. The minimum Gasteiger partial charge on any atom is -0.478 e. The molecule has 0 amide bonds. The van der Waals surface area contributed by atoms with E-state index < -0.39 is 5.97 Å². The number of fused-ring (bicyclic) bond motifs is 1. The van der Waals surface area contributed by atoms with E-state index in [1.807, 2.05) is 19.9 Å². The van der Waals surface area contributed by atoms with E-state index in [1.165, 1.54) is 6.20 Å². The highest BCUT2D eigenvalue weighted by molar-refractivity contribution is 6.04. The maximum absolute atomic E-state index is 11.4. The Morgan fingerprint density at radius 2 is 2.00 bits per heavy atom. The second-order valence-electron chi connectivity index (χ2n) is 5.23. The SMILES string of the molecule is CC(C)Nc1c(C(=O)O)cnc2ncc(-c3cn[nH]c3)cc12. The average Bonchev–Trinajstić information content (AvgIpc) is 3.00. The van der Waals surface area contributed by atoms with Gasteiger partial charge in [0, 0.05) is 41.1 Å². The molecule has 3 heterocycles. The first-order valence-corrected chi connectivity index (χ1v) is 6.84. The second-order valence-corrected chi connectivity index (χ2v) is 5.23. The van der Waals surface area contributed by atoms with Crippen molar-refractivity contribution in [2.45, 2.75) is 19.9 Å². The fourth-order valence-electron chi connectivity index (χ4n) is 2.25. The molecule has 0 saturated heterocycles. The number of hydrogen-bond donors (Lipinski definition) is 3. The van der Waals surface area contributed by atoms with Crippen LogP contribution in [-0.4, -0.2) is 37.3 Å². The molecular weight excluding hydrogens is 282 g/mol. The molecule has 0 atom stereocenters. The van der Waals surface area contributed by atoms with Crippen molar-refractivity contribution in [2.24, 2.45) is 0 Å². The van der Waals surface area contributed by atoms with E-state index >= 15 is 0 Å². The highest BCUT2D eigenvalue weighted by Crippen LogP contribution is 2.29. The van der Waals surface area contributed by atoms with Crippen molar-refractivity contribution in [3.05, 3.63) is 36.4 Å². The minimum absolute atomic E-state index is 0.0845. The molecule has 3 aromatic heterocycles. The lowest BCUT2D eigenvalue weighted by molar-refractivity contribution is 0.0697. The summed E-state index contributed by atoms with van der Waals surface area (Å²) in [6, 6.07) is 1.96. The number of aromatic amines is 1. The lowest BCUT2D eigenvalue weighted by Crippen LogP contribution is -2.14. The van der Waals surface area contributed by atoms with Crippen molar-refractivity contribution < 1.29 is 9.90 Å². The molecule has 0 aliphatic rings. The molecule has 0 aliphatic carbocycles. The van der Waals surface area contributed by atoms with Crippen molar-refractivity contribution in [1.29, 1.82) is 0 Å². The molecule has 0 radical (unpaired) electrons. The van der Waals surface area contributed by atoms with Crippen LogP contribution < -0.4 is 5.32 Å². The third-order valence-electron chi connectivity index (χ3n) is 3.22. The first-order chi connectivity index (χ1) is 10.6. The number of pyridine rings is 2. The van der Waals surface area contributed by atoms with Gasteiger partial charge in [-0.3, -0.25) is 5.10 Å². The Balaban J connectivity index is 2.25. The van der Waals surface area contributed by atoms with Gasteiger partial charge in [-0.1, -0.05) is 0 Å². The Hall–Kier alpha value is -2.96. The van der Waals surface area contributed by atoms with Gasteiger partial charge in [0.05, 0.1) is 11.9 Å². The summed E-state index contributed by atoms with van der Waals surface area (Å²) in [6.07, 6.45) is 6.47. The van der Waals surface area contributed by atoms with Crippen LogP contribution in [-0.2, 0) is 0 Å². The molecular formula is C15H15N5O2. The summed E-state index contributed by atoms with van der Waals surface area (Å²) in [4.78, 5) is 19.9. The Morgan fingerprint density at radius 1 is 1.23 bits per heavy atom. The molecule has 7 nitrogen and oxygen atoms in total.